The highest BCUT2D eigenvalue weighted by molar-refractivity contribution is 6.32. The number of amides is 2. The van der Waals surface area contributed by atoms with E-state index in [-0.39, 0.29) is 5.91 Å². The number of rotatable bonds is 8. The summed E-state index contributed by atoms with van der Waals surface area (Å²) in [7, 11) is 0. The summed E-state index contributed by atoms with van der Waals surface area (Å²) in [5.41, 5.74) is 4.57. The van der Waals surface area contributed by atoms with E-state index < -0.39 is 11.7 Å². The molecule has 0 unspecified atom stereocenters. The molecule has 0 atom stereocenters. The maximum absolute atomic E-state index is 11.9. The second kappa shape index (κ2) is 10.9. The van der Waals surface area contributed by atoms with Gasteiger partial charge in [-0.25, -0.2) is 15.2 Å². The molecule has 1 aromatic carbocycles. The third-order valence-electron chi connectivity index (χ3n) is 4.10. The van der Waals surface area contributed by atoms with Crippen LogP contribution in [-0.2, 0) is 9.53 Å². The molecule has 2 rings (SSSR count). The van der Waals surface area contributed by atoms with Gasteiger partial charge in [0.05, 0.1) is 11.7 Å². The largest absolute Gasteiger partial charge is 0.444 e. The highest BCUT2D eigenvalue weighted by Crippen LogP contribution is 2.20. The van der Waals surface area contributed by atoms with Crippen molar-refractivity contribution < 1.29 is 14.3 Å². The van der Waals surface area contributed by atoms with Crippen molar-refractivity contribution in [2.24, 2.45) is 5.10 Å². The van der Waals surface area contributed by atoms with Crippen LogP contribution in [0.2, 0.25) is 5.15 Å². The van der Waals surface area contributed by atoms with Crippen molar-refractivity contribution in [3.05, 3.63) is 40.5 Å². The van der Waals surface area contributed by atoms with E-state index in [1.165, 1.54) is 6.21 Å². The number of nitrogens with zero attached hydrogens (tertiary/aromatic N) is 2. The van der Waals surface area contributed by atoms with Gasteiger partial charge in [-0.05, 0) is 58.2 Å². The number of benzene rings is 1. The Bertz CT molecular complexity index is 922. The molecule has 2 amide bonds. The number of aryl methyl sites for hydroxylation is 1. The average Bonchev–Trinajstić information content (AvgIpc) is 2.63. The molecule has 0 bridgehead atoms. The first kappa shape index (κ1) is 23.6. The lowest BCUT2D eigenvalue weighted by atomic mass is 10.1. The van der Waals surface area contributed by atoms with E-state index in [9.17, 15) is 9.59 Å². The van der Waals surface area contributed by atoms with Crippen LogP contribution < -0.4 is 10.7 Å². The molecule has 2 aromatic rings. The number of ether oxygens (including phenoxy) is 1. The number of nitrogens with one attached hydrogen (secondary N) is 2. The SMILES string of the molecule is Cc1ccc2cc(C=NNC(=O)CCCCCNC(=O)OC(C)(C)C)c(Cl)nc2c1. The Morgan fingerprint density at radius 1 is 1.20 bits per heavy atom. The zero-order valence-electron chi connectivity index (χ0n) is 17.9. The molecular weight excluding hydrogens is 404 g/mol. The number of hydrazone groups is 1. The fourth-order valence-electron chi connectivity index (χ4n) is 2.68. The molecule has 162 valence electrons. The van der Waals surface area contributed by atoms with E-state index in [4.69, 9.17) is 16.3 Å². The number of fused-ring (bicyclic) bond motifs is 1. The summed E-state index contributed by atoms with van der Waals surface area (Å²) in [5.74, 6) is -0.174. The van der Waals surface area contributed by atoms with Crippen LogP contribution in [-0.4, -0.2) is 35.3 Å². The molecule has 0 aliphatic heterocycles. The second-order valence-electron chi connectivity index (χ2n) is 8.10. The maximum atomic E-state index is 11.9. The Morgan fingerprint density at radius 2 is 1.97 bits per heavy atom. The summed E-state index contributed by atoms with van der Waals surface area (Å²) in [5, 5.41) is 7.97. The van der Waals surface area contributed by atoms with Gasteiger partial charge in [0.1, 0.15) is 10.8 Å². The molecule has 0 saturated carbocycles. The van der Waals surface area contributed by atoms with Crippen LogP contribution in [0.25, 0.3) is 10.9 Å². The summed E-state index contributed by atoms with van der Waals surface area (Å²) < 4.78 is 5.16. The minimum Gasteiger partial charge on any atom is -0.444 e. The predicted molar refractivity (Wildman–Crippen MR) is 120 cm³/mol. The van der Waals surface area contributed by atoms with Crippen LogP contribution in [0.3, 0.4) is 0 Å². The summed E-state index contributed by atoms with van der Waals surface area (Å²) in [4.78, 5) is 27.8. The predicted octanol–water partition coefficient (Wildman–Crippen LogP) is 4.73. The molecule has 0 aliphatic rings. The Labute approximate surface area is 182 Å². The zero-order valence-corrected chi connectivity index (χ0v) is 18.7. The molecule has 7 nitrogen and oxygen atoms in total. The Balaban J connectivity index is 1.68. The van der Waals surface area contributed by atoms with Crippen LogP contribution in [0.5, 0.6) is 0 Å². The van der Waals surface area contributed by atoms with Gasteiger partial charge >= 0.3 is 6.09 Å². The number of alkyl carbamates (subject to hydrolysis) is 1. The van der Waals surface area contributed by atoms with Gasteiger partial charge in [-0.15, -0.1) is 0 Å². The first-order valence-electron chi connectivity index (χ1n) is 10.00. The van der Waals surface area contributed by atoms with Crippen LogP contribution >= 0.6 is 11.6 Å². The van der Waals surface area contributed by atoms with Gasteiger partial charge in [-0.1, -0.05) is 30.2 Å². The number of hydrogen-bond donors (Lipinski definition) is 2. The van der Waals surface area contributed by atoms with Crippen molar-refractivity contribution in [2.75, 3.05) is 6.54 Å². The number of pyridine rings is 1. The minimum atomic E-state index is -0.505. The highest BCUT2D eigenvalue weighted by atomic mass is 35.5. The summed E-state index contributed by atoms with van der Waals surface area (Å²) in [6.45, 7) is 7.97. The number of hydrogen-bond acceptors (Lipinski definition) is 5. The lowest BCUT2D eigenvalue weighted by Crippen LogP contribution is -2.33. The normalized spacial score (nSPS) is 11.6. The second-order valence-corrected chi connectivity index (χ2v) is 8.46. The summed E-state index contributed by atoms with van der Waals surface area (Å²) >= 11 is 6.21. The molecule has 0 aliphatic carbocycles. The quantitative estimate of drug-likeness (QED) is 0.273. The monoisotopic (exact) mass is 432 g/mol. The lowest BCUT2D eigenvalue weighted by molar-refractivity contribution is -0.121. The molecule has 30 heavy (non-hydrogen) atoms. The van der Waals surface area contributed by atoms with Gasteiger partial charge in [0.2, 0.25) is 5.91 Å². The molecule has 0 radical (unpaired) electrons. The van der Waals surface area contributed by atoms with Crippen LogP contribution in [0.4, 0.5) is 4.79 Å². The first-order chi connectivity index (χ1) is 14.1. The Kier molecular flexibility index (Phi) is 8.59. The maximum Gasteiger partial charge on any atom is 0.407 e. The third kappa shape index (κ3) is 8.37. The smallest absolute Gasteiger partial charge is 0.407 e. The molecule has 2 N–H and O–H groups in total. The molecule has 0 saturated heterocycles. The van der Waals surface area contributed by atoms with E-state index in [0.717, 1.165) is 29.3 Å². The van der Waals surface area contributed by atoms with E-state index in [1.807, 2.05) is 52.0 Å². The standard InChI is InChI=1S/C22H29ClN4O3/c1-15-9-10-16-13-17(20(23)26-18(16)12-15)14-25-27-19(28)8-6-5-7-11-24-21(29)30-22(2,3)4/h9-10,12-14H,5-8,11H2,1-4H3,(H,24,29)(H,27,28). The number of carbonyl (C=O) groups excluding carboxylic acids is 2. The molecule has 8 heteroatoms. The number of aromatic nitrogens is 1. The van der Waals surface area contributed by atoms with Crippen LogP contribution in [0.1, 0.15) is 57.6 Å². The van der Waals surface area contributed by atoms with Crippen molar-refractivity contribution in [1.82, 2.24) is 15.7 Å². The first-order valence-corrected chi connectivity index (χ1v) is 10.4. The van der Waals surface area contributed by atoms with Gasteiger partial charge in [-0.3, -0.25) is 4.79 Å². The van der Waals surface area contributed by atoms with Crippen LogP contribution in [0.15, 0.2) is 29.4 Å². The van der Waals surface area contributed by atoms with E-state index in [1.54, 1.807) is 0 Å². The number of carbonyl (C=O) groups is 2. The van der Waals surface area contributed by atoms with Crippen LogP contribution in [0, 0.1) is 6.92 Å². The summed E-state index contributed by atoms with van der Waals surface area (Å²) in [6, 6.07) is 7.83. The molecule has 0 fully saturated rings. The zero-order chi connectivity index (χ0) is 22.1. The molecule has 1 aromatic heterocycles. The molecule has 1 heterocycles. The van der Waals surface area contributed by atoms with E-state index in [2.05, 4.69) is 20.8 Å². The Morgan fingerprint density at radius 3 is 2.70 bits per heavy atom. The number of halogens is 1. The average molecular weight is 433 g/mol. The third-order valence-corrected chi connectivity index (χ3v) is 4.40. The van der Waals surface area contributed by atoms with Crippen molar-refractivity contribution >= 4 is 40.7 Å². The van der Waals surface area contributed by atoms with Crippen molar-refractivity contribution in [3.8, 4) is 0 Å². The fourth-order valence-corrected chi connectivity index (χ4v) is 2.88. The van der Waals surface area contributed by atoms with Crippen molar-refractivity contribution in [3.63, 3.8) is 0 Å². The fraction of sp³-hybridized carbons (Fsp3) is 0.455. The van der Waals surface area contributed by atoms with Gasteiger partial charge in [0, 0.05) is 23.9 Å². The van der Waals surface area contributed by atoms with E-state index >= 15 is 0 Å². The van der Waals surface area contributed by atoms with Gasteiger partial charge in [0.25, 0.3) is 0 Å². The molecular formula is C22H29ClN4O3. The number of unbranched alkanes of at least 4 members (excludes halogenated alkanes) is 2. The van der Waals surface area contributed by atoms with Gasteiger partial charge < -0.3 is 10.1 Å². The highest BCUT2D eigenvalue weighted by Gasteiger charge is 2.15. The summed E-state index contributed by atoms with van der Waals surface area (Å²) in [6.07, 6.45) is 3.71. The molecule has 0 spiro atoms. The van der Waals surface area contributed by atoms with Crippen molar-refractivity contribution in [1.29, 1.82) is 0 Å². The van der Waals surface area contributed by atoms with Crippen molar-refractivity contribution in [2.45, 2.75) is 59.0 Å². The minimum absolute atomic E-state index is 0.174. The topological polar surface area (TPSA) is 92.7 Å². The Hall–Kier alpha value is -2.67. The van der Waals surface area contributed by atoms with E-state index in [0.29, 0.717) is 30.1 Å². The van der Waals surface area contributed by atoms with Gasteiger partial charge in [-0.2, -0.15) is 5.10 Å². The van der Waals surface area contributed by atoms with Gasteiger partial charge in [0.15, 0.2) is 0 Å². The lowest BCUT2D eigenvalue weighted by Gasteiger charge is -2.19.